The third kappa shape index (κ3) is 2.81. The molecule has 5 heteroatoms. The van der Waals surface area contributed by atoms with Crippen LogP contribution in [0.4, 0.5) is 4.39 Å². The van der Waals surface area contributed by atoms with E-state index in [9.17, 15) is 4.39 Å². The average Bonchev–Trinajstić information content (AvgIpc) is 2.54. The fraction of sp³-hybridized carbons (Fsp3) is 0.176. The Hall–Kier alpha value is -2.37. The van der Waals surface area contributed by atoms with Crippen molar-refractivity contribution in [2.75, 3.05) is 6.54 Å². The Balaban J connectivity index is 2.20. The Kier molecular flexibility index (Phi) is 4.09. The van der Waals surface area contributed by atoms with Crippen LogP contribution in [0.1, 0.15) is 18.2 Å². The lowest BCUT2D eigenvalue weighted by Gasteiger charge is -2.14. The minimum absolute atomic E-state index is 0.273. The molecule has 2 heterocycles. The Bertz CT molecular complexity index is 804. The summed E-state index contributed by atoms with van der Waals surface area (Å²) in [5.41, 5.74) is 14.7. The van der Waals surface area contributed by atoms with Crippen molar-refractivity contribution in [1.29, 1.82) is 0 Å². The highest BCUT2D eigenvalue weighted by molar-refractivity contribution is 5.85. The number of hydrogen-bond acceptors (Lipinski definition) is 4. The molecule has 1 atom stereocenters. The SMILES string of the molecule is NCCC(N)c1nc(-c2cccc(F)c2)cc2ncccc12. The zero-order valence-corrected chi connectivity index (χ0v) is 12.0. The molecule has 0 fully saturated rings. The van der Waals surface area contributed by atoms with Gasteiger partial charge in [0.25, 0.3) is 0 Å². The van der Waals surface area contributed by atoms with E-state index in [2.05, 4.69) is 9.97 Å². The topological polar surface area (TPSA) is 77.8 Å². The second kappa shape index (κ2) is 6.17. The van der Waals surface area contributed by atoms with Gasteiger partial charge in [-0.15, -0.1) is 0 Å². The highest BCUT2D eigenvalue weighted by Crippen LogP contribution is 2.27. The van der Waals surface area contributed by atoms with Crippen molar-refractivity contribution in [3.05, 3.63) is 60.2 Å². The highest BCUT2D eigenvalue weighted by Gasteiger charge is 2.14. The van der Waals surface area contributed by atoms with E-state index in [1.54, 1.807) is 12.3 Å². The Morgan fingerprint density at radius 2 is 2.00 bits per heavy atom. The second-order valence-corrected chi connectivity index (χ2v) is 5.16. The number of fused-ring (bicyclic) bond motifs is 1. The Labute approximate surface area is 128 Å². The molecule has 4 N–H and O–H groups in total. The van der Waals surface area contributed by atoms with Crippen molar-refractivity contribution in [3.8, 4) is 11.3 Å². The maximum Gasteiger partial charge on any atom is 0.123 e. The summed E-state index contributed by atoms with van der Waals surface area (Å²) in [7, 11) is 0. The van der Waals surface area contributed by atoms with Crippen molar-refractivity contribution in [3.63, 3.8) is 0 Å². The van der Waals surface area contributed by atoms with Gasteiger partial charge in [-0.2, -0.15) is 0 Å². The molecule has 0 aliphatic rings. The monoisotopic (exact) mass is 296 g/mol. The van der Waals surface area contributed by atoms with Crippen molar-refractivity contribution in [2.24, 2.45) is 11.5 Å². The van der Waals surface area contributed by atoms with Crippen LogP contribution < -0.4 is 11.5 Å². The molecule has 0 saturated heterocycles. The van der Waals surface area contributed by atoms with Gasteiger partial charge in [-0.3, -0.25) is 9.97 Å². The van der Waals surface area contributed by atoms with Crippen LogP contribution in [0.3, 0.4) is 0 Å². The smallest absolute Gasteiger partial charge is 0.123 e. The summed E-state index contributed by atoms with van der Waals surface area (Å²) in [5, 5.41) is 0.906. The first-order chi connectivity index (χ1) is 10.7. The van der Waals surface area contributed by atoms with E-state index < -0.39 is 0 Å². The summed E-state index contributed by atoms with van der Waals surface area (Å²) in [4.78, 5) is 9.02. The lowest BCUT2D eigenvalue weighted by Crippen LogP contribution is -2.17. The molecule has 1 aromatic carbocycles. The third-order valence-corrected chi connectivity index (χ3v) is 3.58. The van der Waals surface area contributed by atoms with Crippen molar-refractivity contribution >= 4 is 10.9 Å². The predicted molar refractivity (Wildman–Crippen MR) is 85.5 cm³/mol. The van der Waals surface area contributed by atoms with Gasteiger partial charge in [0.15, 0.2) is 0 Å². The van der Waals surface area contributed by atoms with Gasteiger partial charge in [-0.05, 0) is 43.3 Å². The number of benzene rings is 1. The molecule has 0 aliphatic heterocycles. The molecular weight excluding hydrogens is 279 g/mol. The van der Waals surface area contributed by atoms with Crippen LogP contribution >= 0.6 is 0 Å². The van der Waals surface area contributed by atoms with E-state index >= 15 is 0 Å². The number of aromatic nitrogens is 2. The quantitative estimate of drug-likeness (QED) is 0.776. The Morgan fingerprint density at radius 3 is 2.77 bits per heavy atom. The van der Waals surface area contributed by atoms with Crippen molar-refractivity contribution in [2.45, 2.75) is 12.5 Å². The number of nitrogens with two attached hydrogens (primary N) is 2. The van der Waals surface area contributed by atoms with E-state index in [1.807, 2.05) is 24.3 Å². The second-order valence-electron chi connectivity index (χ2n) is 5.16. The summed E-state index contributed by atoms with van der Waals surface area (Å²) >= 11 is 0. The summed E-state index contributed by atoms with van der Waals surface area (Å²) in [6.45, 7) is 0.481. The summed E-state index contributed by atoms with van der Waals surface area (Å²) in [6, 6.07) is 11.7. The van der Waals surface area contributed by atoms with Gasteiger partial charge >= 0.3 is 0 Å². The number of halogens is 1. The van der Waals surface area contributed by atoms with Crippen LogP contribution in [0.2, 0.25) is 0 Å². The molecule has 3 aromatic rings. The number of nitrogens with zero attached hydrogens (tertiary/aromatic N) is 2. The van der Waals surface area contributed by atoms with Gasteiger partial charge in [-0.25, -0.2) is 4.39 Å². The summed E-state index contributed by atoms with van der Waals surface area (Å²) in [6.07, 6.45) is 2.35. The molecule has 1 unspecified atom stereocenters. The molecule has 0 saturated carbocycles. The predicted octanol–water partition coefficient (Wildman–Crippen LogP) is 2.78. The van der Waals surface area contributed by atoms with E-state index in [0.29, 0.717) is 24.2 Å². The Morgan fingerprint density at radius 1 is 1.14 bits per heavy atom. The molecular formula is C17H17FN4. The molecule has 4 nitrogen and oxygen atoms in total. The minimum Gasteiger partial charge on any atom is -0.330 e. The molecule has 112 valence electrons. The maximum atomic E-state index is 13.5. The molecule has 2 aromatic heterocycles. The van der Waals surface area contributed by atoms with Crippen LogP contribution in [0.25, 0.3) is 22.2 Å². The van der Waals surface area contributed by atoms with Crippen LogP contribution in [0.15, 0.2) is 48.7 Å². The van der Waals surface area contributed by atoms with Gasteiger partial charge in [0.2, 0.25) is 0 Å². The molecule has 3 rings (SSSR count). The minimum atomic E-state index is -0.298. The van der Waals surface area contributed by atoms with Gasteiger partial charge in [-0.1, -0.05) is 12.1 Å². The fourth-order valence-corrected chi connectivity index (χ4v) is 2.50. The molecule has 0 amide bonds. The van der Waals surface area contributed by atoms with Crippen molar-refractivity contribution in [1.82, 2.24) is 9.97 Å². The van der Waals surface area contributed by atoms with Gasteiger partial charge in [0, 0.05) is 23.2 Å². The normalized spacial score (nSPS) is 12.5. The number of pyridine rings is 2. The zero-order chi connectivity index (χ0) is 15.5. The van der Waals surface area contributed by atoms with E-state index in [1.165, 1.54) is 12.1 Å². The van der Waals surface area contributed by atoms with Crippen LogP contribution in [-0.4, -0.2) is 16.5 Å². The zero-order valence-electron chi connectivity index (χ0n) is 12.0. The maximum absolute atomic E-state index is 13.5. The molecule has 0 aliphatic carbocycles. The van der Waals surface area contributed by atoms with Crippen LogP contribution in [0.5, 0.6) is 0 Å². The first-order valence-electron chi connectivity index (χ1n) is 7.16. The van der Waals surface area contributed by atoms with E-state index in [4.69, 9.17) is 11.5 Å². The lowest BCUT2D eigenvalue weighted by molar-refractivity contribution is 0.628. The average molecular weight is 296 g/mol. The first-order valence-corrected chi connectivity index (χ1v) is 7.16. The third-order valence-electron chi connectivity index (χ3n) is 3.58. The fourth-order valence-electron chi connectivity index (χ4n) is 2.50. The molecule has 22 heavy (non-hydrogen) atoms. The number of hydrogen-bond donors (Lipinski definition) is 2. The number of rotatable bonds is 4. The first kappa shape index (κ1) is 14.6. The van der Waals surface area contributed by atoms with Gasteiger partial charge in [0.05, 0.1) is 16.9 Å². The molecule has 0 radical (unpaired) electrons. The molecule has 0 bridgehead atoms. The van der Waals surface area contributed by atoms with E-state index in [0.717, 1.165) is 16.6 Å². The van der Waals surface area contributed by atoms with Gasteiger partial charge in [0.1, 0.15) is 5.82 Å². The summed E-state index contributed by atoms with van der Waals surface area (Å²) in [5.74, 6) is -0.298. The standard InChI is InChI=1S/C17H17FN4/c18-12-4-1-3-11(9-12)15-10-16-13(5-2-8-21-16)17(22-15)14(20)6-7-19/h1-5,8-10,14H,6-7,19-20H2. The lowest BCUT2D eigenvalue weighted by atomic mass is 10.0. The molecule has 0 spiro atoms. The van der Waals surface area contributed by atoms with E-state index in [-0.39, 0.29) is 11.9 Å². The summed E-state index contributed by atoms with van der Waals surface area (Å²) < 4.78 is 13.5. The van der Waals surface area contributed by atoms with Crippen LogP contribution in [-0.2, 0) is 0 Å². The largest absolute Gasteiger partial charge is 0.330 e. The van der Waals surface area contributed by atoms with Gasteiger partial charge < -0.3 is 11.5 Å². The van der Waals surface area contributed by atoms with Crippen LogP contribution in [0, 0.1) is 5.82 Å². The van der Waals surface area contributed by atoms with Crippen molar-refractivity contribution < 1.29 is 4.39 Å². The highest BCUT2D eigenvalue weighted by atomic mass is 19.1.